The van der Waals surface area contributed by atoms with Crippen LogP contribution in [-0.4, -0.2) is 20.3 Å². The molecule has 22 heavy (non-hydrogen) atoms. The quantitative estimate of drug-likeness (QED) is 0.574. The fourth-order valence-corrected chi connectivity index (χ4v) is 3.81. The van der Waals surface area contributed by atoms with E-state index in [0.29, 0.717) is 5.56 Å². The number of rotatable bonds is 4. The number of hydrogen-bond donors (Lipinski definition) is 1. The average Bonchev–Trinajstić information content (AvgIpc) is 3.22. The van der Waals surface area contributed by atoms with Crippen LogP contribution in [0.25, 0.3) is 21.3 Å². The SMILES string of the molecule is CCCn1c(C(=O)c2c[nH]c3ncccc23)cc2ccsc21. The van der Waals surface area contributed by atoms with Crippen molar-refractivity contribution in [3.8, 4) is 0 Å². The molecule has 0 unspecified atom stereocenters. The number of carbonyl (C=O) groups excluding carboxylic acids is 1. The number of hydrogen-bond acceptors (Lipinski definition) is 3. The van der Waals surface area contributed by atoms with Crippen molar-refractivity contribution in [1.82, 2.24) is 14.5 Å². The number of aromatic nitrogens is 3. The van der Waals surface area contributed by atoms with Crippen molar-refractivity contribution in [1.29, 1.82) is 0 Å². The van der Waals surface area contributed by atoms with Gasteiger partial charge >= 0.3 is 0 Å². The summed E-state index contributed by atoms with van der Waals surface area (Å²) in [5.41, 5.74) is 2.19. The van der Waals surface area contributed by atoms with E-state index in [1.807, 2.05) is 18.2 Å². The summed E-state index contributed by atoms with van der Waals surface area (Å²) in [7, 11) is 0. The third-order valence-corrected chi connectivity index (χ3v) is 4.83. The highest BCUT2D eigenvalue weighted by molar-refractivity contribution is 7.16. The zero-order chi connectivity index (χ0) is 15.1. The summed E-state index contributed by atoms with van der Waals surface area (Å²) < 4.78 is 2.14. The number of ketones is 1. The van der Waals surface area contributed by atoms with E-state index >= 15 is 0 Å². The van der Waals surface area contributed by atoms with Crippen molar-refractivity contribution in [3.63, 3.8) is 0 Å². The summed E-state index contributed by atoms with van der Waals surface area (Å²) in [5, 5.41) is 4.08. The van der Waals surface area contributed by atoms with Gasteiger partial charge in [-0.25, -0.2) is 4.98 Å². The maximum atomic E-state index is 13.0. The van der Waals surface area contributed by atoms with Gasteiger partial charge in [0.05, 0.1) is 11.3 Å². The molecule has 0 bridgehead atoms. The molecule has 4 aromatic heterocycles. The predicted molar refractivity (Wildman–Crippen MR) is 89.6 cm³/mol. The molecule has 1 N–H and O–H groups in total. The zero-order valence-electron chi connectivity index (χ0n) is 12.2. The first-order valence-electron chi connectivity index (χ1n) is 7.33. The van der Waals surface area contributed by atoms with Crippen molar-refractivity contribution >= 4 is 38.4 Å². The summed E-state index contributed by atoms with van der Waals surface area (Å²) in [6.45, 7) is 2.98. The van der Waals surface area contributed by atoms with E-state index in [1.165, 1.54) is 4.83 Å². The van der Waals surface area contributed by atoms with E-state index in [1.54, 1.807) is 23.7 Å². The molecule has 4 aromatic rings. The molecular formula is C17H15N3OS. The Morgan fingerprint density at radius 3 is 3.18 bits per heavy atom. The summed E-state index contributed by atoms with van der Waals surface area (Å²) in [6.07, 6.45) is 4.48. The van der Waals surface area contributed by atoms with Crippen LogP contribution in [-0.2, 0) is 6.54 Å². The Labute approximate surface area is 131 Å². The minimum atomic E-state index is 0.0519. The Morgan fingerprint density at radius 1 is 1.41 bits per heavy atom. The average molecular weight is 309 g/mol. The Bertz CT molecular complexity index is 976. The van der Waals surface area contributed by atoms with Gasteiger partial charge in [-0.2, -0.15) is 0 Å². The van der Waals surface area contributed by atoms with Crippen LogP contribution >= 0.6 is 11.3 Å². The van der Waals surface area contributed by atoms with Crippen LogP contribution in [0.5, 0.6) is 0 Å². The molecule has 5 heteroatoms. The highest BCUT2D eigenvalue weighted by Crippen LogP contribution is 2.28. The van der Waals surface area contributed by atoms with Crippen LogP contribution in [0.15, 0.2) is 42.0 Å². The molecule has 0 aliphatic heterocycles. The summed E-state index contributed by atoms with van der Waals surface area (Å²) >= 11 is 1.68. The van der Waals surface area contributed by atoms with Gasteiger partial charge in [-0.15, -0.1) is 11.3 Å². The normalized spacial score (nSPS) is 11.5. The Balaban J connectivity index is 1.89. The van der Waals surface area contributed by atoms with Crippen LogP contribution < -0.4 is 0 Å². The van der Waals surface area contributed by atoms with E-state index in [9.17, 15) is 4.79 Å². The van der Waals surface area contributed by atoms with Gasteiger partial charge < -0.3 is 9.55 Å². The molecule has 0 aliphatic carbocycles. The van der Waals surface area contributed by atoms with E-state index < -0.39 is 0 Å². The molecule has 4 heterocycles. The molecule has 0 amide bonds. The fourth-order valence-electron chi connectivity index (χ4n) is 2.89. The van der Waals surface area contributed by atoms with Crippen molar-refractivity contribution in [2.24, 2.45) is 0 Å². The van der Waals surface area contributed by atoms with Gasteiger partial charge in [-0.3, -0.25) is 4.79 Å². The van der Waals surface area contributed by atoms with Crippen molar-refractivity contribution in [2.45, 2.75) is 19.9 Å². The molecule has 0 aliphatic rings. The molecule has 0 fully saturated rings. The minimum absolute atomic E-state index is 0.0519. The molecule has 0 spiro atoms. The Kier molecular flexibility index (Phi) is 3.08. The lowest BCUT2D eigenvalue weighted by atomic mass is 10.1. The molecular weight excluding hydrogens is 294 g/mol. The smallest absolute Gasteiger partial charge is 0.211 e. The maximum absolute atomic E-state index is 13.0. The Hall–Kier alpha value is -2.40. The third kappa shape index (κ3) is 1.89. The zero-order valence-corrected chi connectivity index (χ0v) is 13.0. The fraction of sp³-hybridized carbons (Fsp3) is 0.176. The van der Waals surface area contributed by atoms with Crippen LogP contribution in [0.4, 0.5) is 0 Å². The molecule has 0 radical (unpaired) electrons. The van der Waals surface area contributed by atoms with Gasteiger partial charge in [0, 0.05) is 29.7 Å². The van der Waals surface area contributed by atoms with Crippen LogP contribution in [0, 0.1) is 0 Å². The summed E-state index contributed by atoms with van der Waals surface area (Å²) in [6, 6.07) is 7.86. The first kappa shape index (κ1) is 13.3. The number of pyridine rings is 1. The standard InChI is InChI=1S/C17H15N3OS/c1-2-7-20-14(9-11-5-8-22-17(11)20)15(21)13-10-19-16-12(13)4-3-6-18-16/h3-6,8-10H,2,7H2,1H3,(H,18,19). The lowest BCUT2D eigenvalue weighted by molar-refractivity contribution is 0.103. The van der Waals surface area contributed by atoms with E-state index in [2.05, 4.69) is 32.9 Å². The van der Waals surface area contributed by atoms with Crippen molar-refractivity contribution in [3.05, 3.63) is 53.3 Å². The number of thiophene rings is 1. The molecule has 0 atom stereocenters. The first-order valence-corrected chi connectivity index (χ1v) is 8.21. The second-order valence-electron chi connectivity index (χ2n) is 5.29. The van der Waals surface area contributed by atoms with Gasteiger partial charge in [0.2, 0.25) is 5.78 Å². The largest absolute Gasteiger partial charge is 0.345 e. The summed E-state index contributed by atoms with van der Waals surface area (Å²) in [5.74, 6) is 0.0519. The van der Waals surface area contributed by atoms with Crippen LogP contribution in [0.2, 0.25) is 0 Å². The lowest BCUT2D eigenvalue weighted by Gasteiger charge is -2.07. The molecule has 0 saturated carbocycles. The number of nitrogens with zero attached hydrogens (tertiary/aromatic N) is 2. The predicted octanol–water partition coefficient (Wildman–Crippen LogP) is 4.22. The van der Waals surface area contributed by atoms with Gasteiger partial charge in [0.25, 0.3) is 0 Å². The van der Waals surface area contributed by atoms with E-state index in [-0.39, 0.29) is 5.78 Å². The topological polar surface area (TPSA) is 50.7 Å². The second kappa shape index (κ2) is 5.10. The number of fused-ring (bicyclic) bond motifs is 2. The second-order valence-corrected chi connectivity index (χ2v) is 6.19. The van der Waals surface area contributed by atoms with Gasteiger partial charge in [-0.05, 0) is 36.1 Å². The van der Waals surface area contributed by atoms with Gasteiger partial charge in [0.15, 0.2) is 0 Å². The Morgan fingerprint density at radius 2 is 2.32 bits per heavy atom. The highest BCUT2D eigenvalue weighted by atomic mass is 32.1. The molecule has 110 valence electrons. The molecule has 0 aromatic carbocycles. The molecule has 4 rings (SSSR count). The van der Waals surface area contributed by atoms with Gasteiger partial charge in [-0.1, -0.05) is 6.92 Å². The van der Waals surface area contributed by atoms with Crippen LogP contribution in [0.3, 0.4) is 0 Å². The number of H-pyrrole nitrogens is 1. The summed E-state index contributed by atoms with van der Waals surface area (Å²) in [4.78, 5) is 21.5. The highest BCUT2D eigenvalue weighted by Gasteiger charge is 2.20. The van der Waals surface area contributed by atoms with E-state index in [0.717, 1.165) is 35.1 Å². The first-order chi connectivity index (χ1) is 10.8. The molecule has 4 nitrogen and oxygen atoms in total. The van der Waals surface area contributed by atoms with E-state index in [4.69, 9.17) is 0 Å². The number of nitrogens with one attached hydrogen (secondary N) is 1. The number of aryl methyl sites for hydroxylation is 1. The van der Waals surface area contributed by atoms with Crippen LogP contribution in [0.1, 0.15) is 29.4 Å². The van der Waals surface area contributed by atoms with Gasteiger partial charge in [0.1, 0.15) is 10.5 Å². The minimum Gasteiger partial charge on any atom is -0.345 e. The maximum Gasteiger partial charge on any atom is 0.211 e. The van der Waals surface area contributed by atoms with Crippen molar-refractivity contribution in [2.75, 3.05) is 0 Å². The monoisotopic (exact) mass is 309 g/mol. The number of aromatic amines is 1. The lowest BCUT2D eigenvalue weighted by Crippen LogP contribution is -2.09. The van der Waals surface area contributed by atoms with Crippen molar-refractivity contribution < 1.29 is 4.79 Å². The molecule has 0 saturated heterocycles. The third-order valence-electron chi connectivity index (χ3n) is 3.88. The number of carbonyl (C=O) groups is 1.